The summed E-state index contributed by atoms with van der Waals surface area (Å²) in [5.41, 5.74) is 6.16. The van der Waals surface area contributed by atoms with Crippen molar-refractivity contribution in [3.63, 3.8) is 0 Å². The molecule has 0 spiro atoms. The van der Waals surface area contributed by atoms with Crippen LogP contribution in [0.2, 0.25) is 5.15 Å². The average Bonchev–Trinajstić information content (AvgIpc) is 1.66. The lowest BCUT2D eigenvalue weighted by molar-refractivity contribution is 0.0577. The number of aliphatic hydroxyl groups is 3. The van der Waals surface area contributed by atoms with E-state index in [1.165, 1.54) is 57.6 Å². The van der Waals surface area contributed by atoms with Crippen LogP contribution < -0.4 is 64.1 Å². The number of carbonyl (C=O) groups excluding carboxylic acids is 5. The number of anilines is 8. The molecule has 37 nitrogen and oxygen atoms in total. The molecule has 0 bridgehead atoms. The Labute approximate surface area is 678 Å². The normalized spacial score (nSPS) is 21.3. The van der Waals surface area contributed by atoms with Crippen LogP contribution in [0, 0.1) is 0 Å². The van der Waals surface area contributed by atoms with Crippen molar-refractivity contribution in [2.45, 2.75) is 204 Å². The number of nitrogens with zero attached hydrogens (tertiary/aromatic N) is 14. The lowest BCUT2D eigenvalue weighted by Gasteiger charge is -2.25. The fourth-order valence-electron chi connectivity index (χ4n) is 14.7. The summed E-state index contributed by atoms with van der Waals surface area (Å²) < 4.78 is 36.7. The van der Waals surface area contributed by atoms with Gasteiger partial charge in [0.2, 0.25) is 0 Å². The molecule has 9 aromatic heterocycles. The second-order valence-corrected chi connectivity index (χ2v) is 32.3. The second-order valence-electron chi connectivity index (χ2n) is 31.9. The van der Waals surface area contributed by atoms with Crippen molar-refractivity contribution in [3.05, 3.63) is 145 Å². The number of aromatic nitrogens is 12. The van der Waals surface area contributed by atoms with E-state index >= 15 is 0 Å². The zero-order valence-electron chi connectivity index (χ0n) is 67.1. The Morgan fingerprint density at radius 1 is 0.513 bits per heavy atom. The lowest BCUT2D eigenvalue weighted by Crippen LogP contribution is -2.35. The van der Waals surface area contributed by atoms with Crippen molar-refractivity contribution in [3.8, 4) is 0 Å². The number of nitrogen functional groups attached to an aromatic ring is 1. The van der Waals surface area contributed by atoms with Crippen LogP contribution in [0.3, 0.4) is 0 Å². The molecular formula is C79H104ClN21O16. The van der Waals surface area contributed by atoms with Gasteiger partial charge in [-0.25, -0.2) is 24.5 Å². The van der Waals surface area contributed by atoms with Crippen molar-refractivity contribution >= 4 is 105 Å². The number of hydrogen-bond donors (Lipinski definition) is 10. The van der Waals surface area contributed by atoms with Gasteiger partial charge in [-0.15, -0.1) is 0 Å². The summed E-state index contributed by atoms with van der Waals surface area (Å²) in [4.78, 5) is 118. The third-order valence-corrected chi connectivity index (χ3v) is 20.8. The number of nitrogens with one attached hydrogen (secondary N) is 6. The van der Waals surface area contributed by atoms with Crippen LogP contribution in [0.25, 0.3) is 16.9 Å². The highest BCUT2D eigenvalue weighted by molar-refractivity contribution is 6.30. The van der Waals surface area contributed by atoms with Crippen LogP contribution in [0.5, 0.6) is 0 Å². The molecule has 6 aliphatic rings. The van der Waals surface area contributed by atoms with Gasteiger partial charge in [-0.3, -0.25) is 38.6 Å². The third-order valence-electron chi connectivity index (χ3n) is 20.6. The standard InChI is InChI=1S/C28H37N7O6.C23H29N7O4.C18H24ClN5O4.C10H14N2O2/c1-28(2,3)41-27(39)33(4)23-14-22(31-21-8-5-11-34(26(21)38)18-7-6-12-40-16-18)32-24-20(15-29-35(23)24)25(37)30-17-9-10-19(36)13-17;1-24-20-11-19(27-18-5-2-8-29(23(18)33)15-4-3-9-34-13-15)28-21-17(12-25-30(20)21)22(32)26-14-6-7-16(31)10-14;1-18(2,3)28-17(27)23(4)14-8-13(19)22-15-12(9-20-24(14)15)16(26)21-10-5-6-11(25)7-10;11-9-4-1-5-12(10(9)13)8-3-2-6-14-7-8/h5,8,11,14-15,17-19,36H,6-7,9-10,12-13,16H2,1-4H3,(H,30,37)(H,31,32);2,5,8,11-12,14-16,24,31H,3-4,6-7,9-10,13H2,1H3,(H,26,32)(H,27,28);8-11,25H,5-7H2,1-4H3,(H,21,26);1,4-5,8H,2-3,6-7,11H2/t17-,18+,19-;14-,15+,16-;10-,11-;8-/m1110/s1. The molecule has 9 aromatic rings. The molecule has 3 saturated carbocycles. The Balaban J connectivity index is 0.000000151. The van der Waals surface area contributed by atoms with E-state index in [9.17, 15) is 53.7 Å². The molecule has 9 atom stereocenters. The summed E-state index contributed by atoms with van der Waals surface area (Å²) in [5, 5.41) is 60.3. The van der Waals surface area contributed by atoms with E-state index in [1.54, 1.807) is 128 Å². The molecule has 12 heterocycles. The first-order valence-corrected chi connectivity index (χ1v) is 39.8. The Kier molecular flexibility index (Phi) is 27.3. The molecule has 3 aliphatic carbocycles. The minimum absolute atomic E-state index is 0.00513. The van der Waals surface area contributed by atoms with Gasteiger partial charge in [0, 0.05) is 95.9 Å². The summed E-state index contributed by atoms with van der Waals surface area (Å²) in [6, 6.07) is 14.9. The van der Waals surface area contributed by atoms with Gasteiger partial charge in [0.05, 0.1) is 80.5 Å². The molecule has 3 saturated heterocycles. The highest BCUT2D eigenvalue weighted by Gasteiger charge is 2.33. The third kappa shape index (κ3) is 21.2. The molecule has 15 rings (SSSR count). The molecule has 628 valence electrons. The van der Waals surface area contributed by atoms with E-state index in [2.05, 4.69) is 62.1 Å². The van der Waals surface area contributed by atoms with Gasteiger partial charge >= 0.3 is 12.2 Å². The van der Waals surface area contributed by atoms with Gasteiger partial charge in [0.15, 0.2) is 16.9 Å². The van der Waals surface area contributed by atoms with E-state index in [0.717, 1.165) is 58.2 Å². The van der Waals surface area contributed by atoms with Crippen molar-refractivity contribution in [1.82, 2.24) is 73.4 Å². The topological polar surface area (TPSA) is 453 Å². The quantitative estimate of drug-likeness (QED) is 0.0411. The Morgan fingerprint density at radius 2 is 0.880 bits per heavy atom. The number of hydrogen-bond acceptors (Lipinski definition) is 26. The highest BCUT2D eigenvalue weighted by atomic mass is 35.5. The first kappa shape index (κ1) is 85.3. The van der Waals surface area contributed by atoms with Gasteiger partial charge in [-0.2, -0.15) is 28.8 Å². The monoisotopic (exact) mass is 1640 g/mol. The first-order valence-electron chi connectivity index (χ1n) is 39.4. The van der Waals surface area contributed by atoms with Crippen LogP contribution in [0.4, 0.5) is 55.7 Å². The van der Waals surface area contributed by atoms with Crippen molar-refractivity contribution in [2.24, 2.45) is 0 Å². The molecule has 6 fully saturated rings. The van der Waals surface area contributed by atoms with Gasteiger partial charge in [-0.05, 0) is 174 Å². The number of rotatable bonds is 16. The summed E-state index contributed by atoms with van der Waals surface area (Å²) >= 11 is 6.13. The summed E-state index contributed by atoms with van der Waals surface area (Å²) in [7, 11) is 4.81. The first-order chi connectivity index (χ1) is 55.9. The zero-order chi connectivity index (χ0) is 83.6. The van der Waals surface area contributed by atoms with Crippen LogP contribution >= 0.6 is 11.6 Å². The van der Waals surface area contributed by atoms with E-state index in [0.29, 0.717) is 118 Å². The van der Waals surface area contributed by atoms with Gasteiger partial charge in [0.1, 0.15) is 73.5 Å². The Morgan fingerprint density at radius 3 is 1.26 bits per heavy atom. The number of halogens is 1. The zero-order valence-corrected chi connectivity index (χ0v) is 67.8. The van der Waals surface area contributed by atoms with Crippen molar-refractivity contribution < 1.29 is 63.0 Å². The van der Waals surface area contributed by atoms with Gasteiger partial charge < -0.3 is 90.3 Å². The molecule has 5 amide bonds. The number of carbonyl (C=O) groups is 5. The smallest absolute Gasteiger partial charge is 0.415 e. The molecule has 0 unspecified atom stereocenters. The van der Waals surface area contributed by atoms with E-state index in [4.69, 9.17) is 41.0 Å². The van der Waals surface area contributed by atoms with Crippen molar-refractivity contribution in [2.75, 3.05) is 92.3 Å². The molecule has 3 aliphatic heterocycles. The minimum Gasteiger partial charge on any atom is -0.443 e. The maximum absolute atomic E-state index is 13.4. The predicted molar refractivity (Wildman–Crippen MR) is 436 cm³/mol. The predicted octanol–water partition coefficient (Wildman–Crippen LogP) is 7.85. The van der Waals surface area contributed by atoms with Crippen LogP contribution in [0.15, 0.2) is 106 Å². The fourth-order valence-corrected chi connectivity index (χ4v) is 14.9. The average molecular weight is 1640 g/mol. The largest absolute Gasteiger partial charge is 0.443 e. The number of aliphatic hydroxyl groups excluding tert-OH is 3. The molecule has 11 N–H and O–H groups in total. The second kappa shape index (κ2) is 37.5. The number of pyridine rings is 3. The number of amides is 5. The maximum atomic E-state index is 13.4. The highest BCUT2D eigenvalue weighted by Crippen LogP contribution is 2.31. The van der Waals surface area contributed by atoms with E-state index in [1.807, 2.05) is 6.07 Å². The molecular weight excluding hydrogens is 1530 g/mol. The molecule has 117 heavy (non-hydrogen) atoms. The Bertz CT molecular complexity index is 5220. The summed E-state index contributed by atoms with van der Waals surface area (Å²) in [6.45, 7) is 14.4. The SMILES string of the molecule is CN(C(=O)OC(C)(C)C)c1cc(Cl)nc2c(C(=O)N[C@@H]3CC[C@@H](O)C3)cnn12.CN(C(=O)OC(C)(C)C)c1cc(Nc2cccn([C@H]3CCCOC3)c2=O)nc2c(C(=O)N[C@@H]3CC[C@@H](O)C3)cnn12.CNc1cc(Nc2cccn([C@H]3CCCOC3)c2=O)nc2c(C(=O)N[C@@H]3CC[C@@H](O)C3)cnn12.Nc1cccn([C@H]2CCCOC2)c1=O. The van der Waals surface area contributed by atoms with E-state index in [-0.39, 0.29) is 116 Å². The number of fused-ring (bicyclic) bond motifs is 3. The number of ether oxygens (including phenoxy) is 5. The van der Waals surface area contributed by atoms with Gasteiger partial charge in [-0.1, -0.05) is 11.6 Å². The van der Waals surface area contributed by atoms with Crippen molar-refractivity contribution in [1.29, 1.82) is 0 Å². The minimum atomic E-state index is -0.739. The molecule has 0 radical (unpaired) electrons. The number of nitrogens with two attached hydrogens (primary N) is 1. The summed E-state index contributed by atoms with van der Waals surface area (Å²) in [5.74, 6) is 0.822. The van der Waals surface area contributed by atoms with Crippen LogP contribution in [0.1, 0.15) is 187 Å². The summed E-state index contributed by atoms with van der Waals surface area (Å²) in [6.07, 6.45) is 18.3. The maximum Gasteiger partial charge on any atom is 0.415 e. The molecule has 38 heteroatoms. The lowest BCUT2D eigenvalue weighted by atomic mass is 10.1. The van der Waals surface area contributed by atoms with Crippen LogP contribution in [-0.2, 0) is 23.7 Å². The van der Waals surface area contributed by atoms with Crippen LogP contribution in [-0.4, -0.2) is 211 Å². The Hall–Kier alpha value is -11.1. The molecule has 0 aromatic carbocycles. The van der Waals surface area contributed by atoms with E-state index < -0.39 is 41.5 Å². The van der Waals surface area contributed by atoms with Gasteiger partial charge in [0.25, 0.3) is 34.4 Å². The fraction of sp³-hybridized carbons (Fsp3) is 0.519.